The molecule has 0 aromatic heterocycles. The van der Waals surface area contributed by atoms with Crippen LogP contribution in [-0.4, -0.2) is 17.3 Å². The van der Waals surface area contributed by atoms with Gasteiger partial charge in [0.15, 0.2) is 0 Å². The molecule has 3 fully saturated rings. The van der Waals surface area contributed by atoms with Gasteiger partial charge in [0.2, 0.25) is 5.91 Å². The van der Waals surface area contributed by atoms with Gasteiger partial charge in [-0.05, 0) is 49.9 Å². The number of fused-ring (bicyclic) bond motifs is 2. The zero-order chi connectivity index (χ0) is 10.4. The predicted molar refractivity (Wildman–Crippen MR) is 59.7 cm³/mol. The van der Waals surface area contributed by atoms with Gasteiger partial charge in [-0.1, -0.05) is 6.42 Å². The van der Waals surface area contributed by atoms with Crippen molar-refractivity contribution in [2.75, 3.05) is 0 Å². The maximum Gasteiger partial charge on any atom is 0.238 e. The second-order valence-electron chi connectivity index (χ2n) is 5.52. The van der Waals surface area contributed by atoms with Crippen molar-refractivity contribution in [3.8, 4) is 0 Å². The maximum absolute atomic E-state index is 11.8. The summed E-state index contributed by atoms with van der Waals surface area (Å²) in [5, 5.41) is 2.76. The average Bonchev–Trinajstić information content (AvgIpc) is 2.80. The number of nitrogens with one attached hydrogen (secondary N) is 1. The molecule has 3 rings (SSSR count). The van der Waals surface area contributed by atoms with Gasteiger partial charge in [0.25, 0.3) is 0 Å². The lowest BCUT2D eigenvalue weighted by molar-refractivity contribution is -0.122. The van der Waals surface area contributed by atoms with Crippen LogP contribution in [-0.2, 0) is 4.79 Å². The highest BCUT2D eigenvalue weighted by Gasteiger charge is 2.45. The minimum Gasteiger partial charge on any atom is -0.352 e. The van der Waals surface area contributed by atoms with Crippen LogP contribution in [0.1, 0.15) is 38.5 Å². The molecule has 3 saturated carbocycles. The summed E-state index contributed by atoms with van der Waals surface area (Å²) in [5.74, 6) is 2.17. The number of rotatable bonds is 3. The Bertz CT molecular complexity index is 277. The van der Waals surface area contributed by atoms with E-state index in [-0.39, 0.29) is 11.3 Å². The fourth-order valence-corrected chi connectivity index (χ4v) is 3.73. The molecule has 15 heavy (non-hydrogen) atoms. The Morgan fingerprint density at radius 3 is 2.53 bits per heavy atom. The molecule has 3 aliphatic rings. The summed E-state index contributed by atoms with van der Waals surface area (Å²) in [6, 6.07) is 0.442. The number of amides is 1. The van der Waals surface area contributed by atoms with Gasteiger partial charge in [-0.2, -0.15) is 0 Å². The Morgan fingerprint density at radius 1 is 1.20 bits per heavy atom. The molecule has 2 nitrogen and oxygen atoms in total. The van der Waals surface area contributed by atoms with Crippen LogP contribution in [0.3, 0.4) is 0 Å². The smallest absolute Gasteiger partial charge is 0.238 e. The third-order valence-electron chi connectivity index (χ3n) is 4.34. The second-order valence-corrected chi connectivity index (χ2v) is 5.99. The van der Waals surface area contributed by atoms with Gasteiger partial charge in [0, 0.05) is 6.04 Å². The van der Waals surface area contributed by atoms with E-state index in [1.807, 2.05) is 0 Å². The molecule has 4 atom stereocenters. The van der Waals surface area contributed by atoms with Crippen LogP contribution in [0.25, 0.3) is 0 Å². The molecule has 0 aromatic carbocycles. The van der Waals surface area contributed by atoms with E-state index < -0.39 is 0 Å². The number of halogens is 1. The van der Waals surface area contributed by atoms with Crippen molar-refractivity contribution in [3.05, 3.63) is 0 Å². The lowest BCUT2D eigenvalue weighted by Crippen LogP contribution is -2.38. The van der Waals surface area contributed by atoms with Crippen LogP contribution in [0.15, 0.2) is 0 Å². The standard InChI is InChI=1S/C12H18ClNO/c13-11(12(15)14-9-3-4-9)10-6-7-1-2-8(10)5-7/h7-11H,1-6H2,(H,14,15). The largest absolute Gasteiger partial charge is 0.352 e. The van der Waals surface area contributed by atoms with Gasteiger partial charge in [-0.15, -0.1) is 11.6 Å². The molecular formula is C12H18ClNO. The fourth-order valence-electron chi connectivity index (χ4n) is 3.36. The molecule has 3 aliphatic carbocycles. The summed E-state index contributed by atoms with van der Waals surface area (Å²) < 4.78 is 0. The van der Waals surface area contributed by atoms with E-state index in [0.717, 1.165) is 24.7 Å². The van der Waals surface area contributed by atoms with Crippen molar-refractivity contribution in [2.24, 2.45) is 17.8 Å². The molecule has 3 heteroatoms. The van der Waals surface area contributed by atoms with Crippen molar-refractivity contribution in [2.45, 2.75) is 49.9 Å². The van der Waals surface area contributed by atoms with Crippen LogP contribution in [0.2, 0.25) is 0 Å². The van der Waals surface area contributed by atoms with Crippen molar-refractivity contribution < 1.29 is 4.79 Å². The Hall–Kier alpha value is -0.240. The normalized spacial score (nSPS) is 40.5. The van der Waals surface area contributed by atoms with E-state index in [4.69, 9.17) is 11.6 Å². The van der Waals surface area contributed by atoms with Crippen LogP contribution in [0, 0.1) is 17.8 Å². The molecule has 1 amide bonds. The third kappa shape index (κ3) is 1.89. The van der Waals surface area contributed by atoms with Crippen molar-refractivity contribution in [1.29, 1.82) is 0 Å². The SMILES string of the molecule is O=C(NC1CC1)C(Cl)C1CC2CCC1C2. The number of carbonyl (C=O) groups is 1. The Balaban J connectivity index is 1.58. The molecule has 2 bridgehead atoms. The first-order valence-electron chi connectivity index (χ1n) is 6.18. The first-order chi connectivity index (χ1) is 7.24. The molecule has 0 heterocycles. The molecule has 0 radical (unpaired) electrons. The lowest BCUT2D eigenvalue weighted by atomic mass is 9.86. The van der Waals surface area contributed by atoms with Gasteiger partial charge in [-0.25, -0.2) is 0 Å². The number of hydrogen-bond acceptors (Lipinski definition) is 1. The summed E-state index contributed by atoms with van der Waals surface area (Å²) in [5.41, 5.74) is 0. The van der Waals surface area contributed by atoms with E-state index in [2.05, 4.69) is 5.32 Å². The van der Waals surface area contributed by atoms with E-state index in [0.29, 0.717) is 12.0 Å². The summed E-state index contributed by atoms with van der Waals surface area (Å²) in [6.45, 7) is 0. The third-order valence-corrected chi connectivity index (χ3v) is 4.86. The summed E-state index contributed by atoms with van der Waals surface area (Å²) in [7, 11) is 0. The quantitative estimate of drug-likeness (QED) is 0.737. The average molecular weight is 228 g/mol. The van der Waals surface area contributed by atoms with Gasteiger partial charge < -0.3 is 5.32 Å². The van der Waals surface area contributed by atoms with E-state index in [9.17, 15) is 4.79 Å². The molecule has 0 aromatic rings. The molecular weight excluding hydrogens is 210 g/mol. The van der Waals surface area contributed by atoms with Crippen LogP contribution < -0.4 is 5.32 Å². The minimum absolute atomic E-state index is 0.0942. The monoisotopic (exact) mass is 227 g/mol. The molecule has 0 saturated heterocycles. The van der Waals surface area contributed by atoms with E-state index in [1.165, 1.54) is 25.7 Å². The summed E-state index contributed by atoms with van der Waals surface area (Å²) in [6.07, 6.45) is 7.48. The van der Waals surface area contributed by atoms with Crippen LogP contribution in [0.5, 0.6) is 0 Å². The first kappa shape index (κ1) is 9.95. The second kappa shape index (κ2) is 3.65. The highest BCUT2D eigenvalue weighted by Crippen LogP contribution is 2.50. The maximum atomic E-state index is 11.8. The van der Waals surface area contributed by atoms with E-state index >= 15 is 0 Å². The van der Waals surface area contributed by atoms with Gasteiger partial charge >= 0.3 is 0 Å². The topological polar surface area (TPSA) is 29.1 Å². The predicted octanol–water partition coefficient (Wildman–Crippen LogP) is 2.31. The van der Waals surface area contributed by atoms with Gasteiger partial charge in [-0.3, -0.25) is 4.79 Å². The Labute approximate surface area is 95.8 Å². The molecule has 84 valence electrons. The minimum atomic E-state index is -0.263. The summed E-state index contributed by atoms with van der Waals surface area (Å²) >= 11 is 6.29. The Kier molecular flexibility index (Phi) is 2.42. The van der Waals surface area contributed by atoms with Crippen molar-refractivity contribution >= 4 is 17.5 Å². The van der Waals surface area contributed by atoms with Crippen molar-refractivity contribution in [1.82, 2.24) is 5.32 Å². The summed E-state index contributed by atoms with van der Waals surface area (Å²) in [4.78, 5) is 11.8. The number of carbonyl (C=O) groups excluding carboxylic acids is 1. The first-order valence-corrected chi connectivity index (χ1v) is 6.62. The fraction of sp³-hybridized carbons (Fsp3) is 0.917. The highest BCUT2D eigenvalue weighted by atomic mass is 35.5. The van der Waals surface area contributed by atoms with E-state index in [1.54, 1.807) is 0 Å². The molecule has 4 unspecified atom stereocenters. The molecule has 0 spiro atoms. The number of alkyl halides is 1. The zero-order valence-corrected chi connectivity index (χ0v) is 9.67. The highest BCUT2D eigenvalue weighted by molar-refractivity contribution is 6.31. The Morgan fingerprint density at radius 2 is 2.00 bits per heavy atom. The lowest BCUT2D eigenvalue weighted by Gasteiger charge is -2.25. The van der Waals surface area contributed by atoms with Crippen LogP contribution in [0.4, 0.5) is 0 Å². The number of hydrogen-bond donors (Lipinski definition) is 1. The molecule has 0 aliphatic heterocycles. The van der Waals surface area contributed by atoms with Gasteiger partial charge in [0.1, 0.15) is 5.38 Å². The van der Waals surface area contributed by atoms with Crippen LogP contribution >= 0.6 is 11.6 Å². The van der Waals surface area contributed by atoms with Crippen molar-refractivity contribution in [3.63, 3.8) is 0 Å². The van der Waals surface area contributed by atoms with Gasteiger partial charge in [0.05, 0.1) is 0 Å². The zero-order valence-electron chi connectivity index (χ0n) is 8.92. The molecule has 1 N–H and O–H groups in total.